The molecule has 0 atom stereocenters. The molecule has 0 radical (unpaired) electrons. The number of hydrogen-bond acceptors (Lipinski definition) is 8. The summed E-state index contributed by atoms with van der Waals surface area (Å²) in [5, 5.41) is 5.03. The Morgan fingerprint density at radius 2 is 2.03 bits per heavy atom. The fraction of sp³-hybridized carbons (Fsp3) is 0.458. The van der Waals surface area contributed by atoms with Crippen molar-refractivity contribution in [1.29, 1.82) is 0 Å². The minimum atomic E-state index is -3.19. The number of methoxy groups -OCH3 is 1. The highest BCUT2D eigenvalue weighted by atomic mass is 32.2. The first-order valence-corrected chi connectivity index (χ1v) is 14.5. The van der Waals surface area contributed by atoms with Crippen molar-refractivity contribution in [3.8, 4) is 5.75 Å². The largest absolute Gasteiger partial charge is 0.497 e. The van der Waals surface area contributed by atoms with E-state index in [9.17, 15) is 18.0 Å². The Morgan fingerprint density at radius 3 is 2.75 bits per heavy atom. The maximum Gasteiger partial charge on any atom is 0.287 e. The third-order valence-electron chi connectivity index (χ3n) is 6.16. The molecule has 0 aliphatic heterocycles. The highest BCUT2D eigenvalue weighted by Crippen LogP contribution is 2.26. The summed E-state index contributed by atoms with van der Waals surface area (Å²) in [5.41, 5.74) is 1.22. The summed E-state index contributed by atoms with van der Waals surface area (Å²) in [4.78, 5) is 32.8. The zero-order valence-corrected chi connectivity index (χ0v) is 21.8. The number of carbonyl (C=O) groups excluding carboxylic acids is 1. The lowest BCUT2D eigenvalue weighted by atomic mass is 9.87. The molecule has 1 aromatic carbocycles. The quantitative estimate of drug-likeness (QED) is 0.363. The van der Waals surface area contributed by atoms with Crippen molar-refractivity contribution in [3.05, 3.63) is 57.0 Å². The molecule has 2 heterocycles. The van der Waals surface area contributed by atoms with E-state index < -0.39 is 15.9 Å². The molecular weight excluding hydrogens is 504 g/mol. The lowest BCUT2D eigenvalue weighted by Gasteiger charge is -2.28. The first-order valence-electron chi connectivity index (χ1n) is 11.7. The maximum atomic E-state index is 12.8. The molecule has 0 bridgehead atoms. The van der Waals surface area contributed by atoms with Crippen LogP contribution < -0.4 is 20.3 Å². The molecule has 0 saturated heterocycles. The van der Waals surface area contributed by atoms with Gasteiger partial charge < -0.3 is 19.8 Å². The van der Waals surface area contributed by atoms with E-state index in [2.05, 4.69) is 20.0 Å². The molecule has 1 amide bonds. The number of nitrogens with zero attached hydrogens (tertiary/aromatic N) is 1. The number of benzene rings is 1. The Morgan fingerprint density at radius 1 is 1.25 bits per heavy atom. The number of sulfonamides is 1. The van der Waals surface area contributed by atoms with Gasteiger partial charge in [0, 0.05) is 24.8 Å². The molecule has 1 aliphatic carbocycles. The predicted molar refractivity (Wildman–Crippen MR) is 138 cm³/mol. The summed E-state index contributed by atoms with van der Waals surface area (Å²) < 4.78 is 36.6. The van der Waals surface area contributed by atoms with Crippen LogP contribution in [0.15, 0.2) is 34.4 Å². The smallest absolute Gasteiger partial charge is 0.287 e. The van der Waals surface area contributed by atoms with Gasteiger partial charge in [-0.25, -0.2) is 18.1 Å². The van der Waals surface area contributed by atoms with Gasteiger partial charge in [0.25, 0.3) is 11.5 Å². The monoisotopic (exact) mass is 534 g/mol. The van der Waals surface area contributed by atoms with E-state index in [1.807, 2.05) is 29.6 Å². The standard InChI is InChI=1S/C24H30N4O6S2/c1-33-19-5-3-4-16(10-19)11-25-23(30)21-26-22(29)20-17(14-35-24(20)27-21)13-34-12-15-6-8-18(9-7-15)28-36(2,31)32/h3-5,10,14-15,18,28H,6-9,11-13H2,1-2H3,(H,25,30)(H,26,27,29)/t15-,18-. The summed E-state index contributed by atoms with van der Waals surface area (Å²) in [7, 11) is -1.61. The molecular formula is C24H30N4O6S2. The third-order valence-corrected chi connectivity index (χ3v) is 7.84. The van der Waals surface area contributed by atoms with Crippen LogP contribution >= 0.6 is 11.3 Å². The van der Waals surface area contributed by atoms with Gasteiger partial charge in [-0.05, 0) is 54.7 Å². The van der Waals surface area contributed by atoms with E-state index in [-0.39, 0.29) is 30.6 Å². The number of aromatic amines is 1. The third kappa shape index (κ3) is 6.90. The van der Waals surface area contributed by atoms with Gasteiger partial charge in [0.15, 0.2) is 0 Å². The second-order valence-electron chi connectivity index (χ2n) is 9.01. The van der Waals surface area contributed by atoms with Gasteiger partial charge in [-0.3, -0.25) is 9.59 Å². The molecule has 2 aromatic heterocycles. The second-order valence-corrected chi connectivity index (χ2v) is 11.7. The van der Waals surface area contributed by atoms with Crippen LogP contribution in [0.1, 0.15) is 47.4 Å². The van der Waals surface area contributed by atoms with Gasteiger partial charge in [0.05, 0.1) is 25.4 Å². The van der Waals surface area contributed by atoms with Crippen LogP contribution in [-0.2, 0) is 27.9 Å². The van der Waals surface area contributed by atoms with Crippen LogP contribution in [0.25, 0.3) is 10.2 Å². The number of nitrogens with one attached hydrogen (secondary N) is 3. The van der Waals surface area contributed by atoms with E-state index in [1.165, 1.54) is 17.6 Å². The lowest BCUT2D eigenvalue weighted by Crippen LogP contribution is -2.37. The SMILES string of the molecule is COc1cccc(CNC(=O)c2nc3scc(COC[C@H]4CC[C@H](NS(C)(=O)=O)CC4)c3c(=O)[nH]2)c1. The normalized spacial score (nSPS) is 18.3. The minimum absolute atomic E-state index is 0.0105. The van der Waals surface area contributed by atoms with Gasteiger partial charge in [0.2, 0.25) is 15.8 Å². The van der Waals surface area contributed by atoms with Gasteiger partial charge in [-0.15, -0.1) is 11.3 Å². The van der Waals surface area contributed by atoms with Crippen LogP contribution in [-0.4, -0.2) is 50.3 Å². The van der Waals surface area contributed by atoms with E-state index >= 15 is 0 Å². The first-order chi connectivity index (χ1) is 17.2. The van der Waals surface area contributed by atoms with Crippen LogP contribution in [0.2, 0.25) is 0 Å². The number of thiophene rings is 1. The van der Waals surface area contributed by atoms with Crippen LogP contribution in [0.4, 0.5) is 0 Å². The average Bonchev–Trinajstić information content (AvgIpc) is 3.26. The summed E-state index contributed by atoms with van der Waals surface area (Å²) in [6, 6.07) is 7.34. The molecule has 0 unspecified atom stereocenters. The van der Waals surface area contributed by atoms with Gasteiger partial charge in [-0.2, -0.15) is 0 Å². The molecule has 4 rings (SSSR count). The van der Waals surface area contributed by atoms with Crippen LogP contribution in [0.5, 0.6) is 5.75 Å². The van der Waals surface area contributed by atoms with E-state index in [1.54, 1.807) is 7.11 Å². The van der Waals surface area contributed by atoms with Crippen molar-refractivity contribution in [3.63, 3.8) is 0 Å². The summed E-state index contributed by atoms with van der Waals surface area (Å²) in [6.45, 7) is 1.08. The minimum Gasteiger partial charge on any atom is -0.497 e. The number of amides is 1. The van der Waals surface area contributed by atoms with Crippen molar-refractivity contribution < 1.29 is 22.7 Å². The molecule has 194 valence electrons. The van der Waals surface area contributed by atoms with E-state index in [4.69, 9.17) is 9.47 Å². The van der Waals surface area contributed by atoms with Crippen molar-refractivity contribution in [2.24, 2.45) is 5.92 Å². The molecule has 1 aliphatic rings. The number of carbonyl (C=O) groups is 1. The fourth-order valence-electron chi connectivity index (χ4n) is 4.35. The number of aromatic nitrogens is 2. The molecule has 36 heavy (non-hydrogen) atoms. The van der Waals surface area contributed by atoms with Crippen LogP contribution in [0, 0.1) is 5.92 Å². The Bertz CT molecular complexity index is 1380. The molecule has 12 heteroatoms. The Balaban J connectivity index is 1.31. The molecule has 10 nitrogen and oxygen atoms in total. The van der Waals surface area contributed by atoms with Gasteiger partial charge >= 0.3 is 0 Å². The molecule has 3 aromatic rings. The van der Waals surface area contributed by atoms with Crippen molar-refractivity contribution in [2.75, 3.05) is 20.0 Å². The molecule has 1 saturated carbocycles. The summed E-state index contributed by atoms with van der Waals surface area (Å²) >= 11 is 1.30. The van der Waals surface area contributed by atoms with Crippen molar-refractivity contribution in [2.45, 2.75) is 44.9 Å². The van der Waals surface area contributed by atoms with Crippen molar-refractivity contribution >= 4 is 37.5 Å². The zero-order valence-electron chi connectivity index (χ0n) is 20.2. The second kappa shape index (κ2) is 11.5. The van der Waals surface area contributed by atoms with Crippen LogP contribution in [0.3, 0.4) is 0 Å². The van der Waals surface area contributed by atoms with Crippen molar-refractivity contribution in [1.82, 2.24) is 20.0 Å². The van der Waals surface area contributed by atoms with Gasteiger partial charge in [-0.1, -0.05) is 12.1 Å². The Kier molecular flexibility index (Phi) is 8.39. The zero-order chi connectivity index (χ0) is 25.7. The predicted octanol–water partition coefficient (Wildman–Crippen LogP) is 2.55. The number of hydrogen-bond donors (Lipinski definition) is 3. The number of ether oxygens (including phenoxy) is 2. The topological polar surface area (TPSA) is 139 Å². The number of H-pyrrole nitrogens is 1. The fourth-order valence-corrected chi connectivity index (χ4v) is 6.12. The number of fused-ring (bicyclic) bond motifs is 1. The average molecular weight is 535 g/mol. The summed E-state index contributed by atoms with van der Waals surface area (Å²) in [6.07, 6.45) is 4.52. The molecule has 0 spiro atoms. The lowest BCUT2D eigenvalue weighted by molar-refractivity contribution is 0.0719. The van der Waals surface area contributed by atoms with E-state index in [0.717, 1.165) is 36.8 Å². The Hall–Kier alpha value is -2.80. The summed E-state index contributed by atoms with van der Waals surface area (Å²) in [5.74, 6) is 0.539. The van der Waals surface area contributed by atoms with E-state index in [0.29, 0.717) is 28.5 Å². The number of rotatable bonds is 10. The maximum absolute atomic E-state index is 12.8. The highest BCUT2D eigenvalue weighted by Gasteiger charge is 2.23. The Labute approximate surface area is 213 Å². The molecule has 3 N–H and O–H groups in total. The first kappa shape index (κ1) is 26.3. The van der Waals surface area contributed by atoms with Gasteiger partial charge in [0.1, 0.15) is 10.6 Å². The molecule has 1 fully saturated rings. The highest BCUT2D eigenvalue weighted by molar-refractivity contribution is 7.88.